The Bertz CT molecular complexity index is 883. The lowest BCUT2D eigenvalue weighted by Crippen LogP contribution is -2.14. The Kier molecular flexibility index (Phi) is 5.80. The Morgan fingerprint density at radius 3 is 2.50 bits per heavy atom. The number of carbonyl (C=O) groups is 1. The van der Waals surface area contributed by atoms with Gasteiger partial charge in [-0.25, -0.2) is 4.98 Å². The van der Waals surface area contributed by atoms with E-state index in [4.69, 9.17) is 11.6 Å². The van der Waals surface area contributed by atoms with Crippen molar-refractivity contribution in [2.24, 2.45) is 0 Å². The molecule has 0 radical (unpaired) electrons. The molecule has 0 spiro atoms. The van der Waals surface area contributed by atoms with Crippen LogP contribution in [0.2, 0.25) is 5.02 Å². The summed E-state index contributed by atoms with van der Waals surface area (Å²) in [6.45, 7) is -2.88. The minimum absolute atomic E-state index is 0.0325. The van der Waals surface area contributed by atoms with Crippen molar-refractivity contribution in [2.75, 3.05) is 5.32 Å². The van der Waals surface area contributed by atoms with Gasteiger partial charge in [0.05, 0.1) is 12.1 Å². The number of aromatic nitrogens is 1. The largest absolute Gasteiger partial charge is 0.435 e. The number of thiazole rings is 1. The van der Waals surface area contributed by atoms with Gasteiger partial charge in [-0.15, -0.1) is 11.3 Å². The highest BCUT2D eigenvalue weighted by Crippen LogP contribution is 2.25. The summed E-state index contributed by atoms with van der Waals surface area (Å²) in [6.07, 6.45) is 0.110. The van der Waals surface area contributed by atoms with Gasteiger partial charge >= 0.3 is 6.61 Å². The van der Waals surface area contributed by atoms with Crippen LogP contribution >= 0.6 is 22.9 Å². The third kappa shape index (κ3) is 5.00. The Morgan fingerprint density at radius 1 is 1.15 bits per heavy atom. The van der Waals surface area contributed by atoms with Crippen LogP contribution < -0.4 is 10.1 Å². The normalized spacial score (nSPS) is 10.8. The first kappa shape index (κ1) is 18.3. The Balaban J connectivity index is 1.59. The number of alkyl halides is 2. The van der Waals surface area contributed by atoms with Gasteiger partial charge in [0.2, 0.25) is 5.91 Å². The lowest BCUT2D eigenvalue weighted by Gasteiger charge is -2.07. The third-order valence-corrected chi connectivity index (χ3v) is 4.54. The van der Waals surface area contributed by atoms with Crippen LogP contribution in [0.15, 0.2) is 53.9 Å². The van der Waals surface area contributed by atoms with Crippen LogP contribution in [-0.2, 0) is 11.2 Å². The van der Waals surface area contributed by atoms with E-state index in [1.807, 2.05) is 17.5 Å². The number of ether oxygens (including phenoxy) is 1. The fourth-order valence-electron chi connectivity index (χ4n) is 2.20. The first-order valence-electron chi connectivity index (χ1n) is 7.54. The van der Waals surface area contributed by atoms with Gasteiger partial charge in [0.15, 0.2) is 0 Å². The van der Waals surface area contributed by atoms with E-state index in [1.54, 1.807) is 12.1 Å². The molecule has 0 saturated carbocycles. The zero-order valence-corrected chi connectivity index (χ0v) is 14.9. The fourth-order valence-corrected chi connectivity index (χ4v) is 3.15. The summed E-state index contributed by atoms with van der Waals surface area (Å²) in [4.78, 5) is 16.6. The minimum Gasteiger partial charge on any atom is -0.435 e. The van der Waals surface area contributed by atoms with Gasteiger partial charge in [-0.2, -0.15) is 8.78 Å². The molecule has 0 aliphatic heterocycles. The summed E-state index contributed by atoms with van der Waals surface area (Å²) in [7, 11) is 0. The molecule has 0 aliphatic rings. The summed E-state index contributed by atoms with van der Waals surface area (Å²) in [5.41, 5.74) is 2.07. The summed E-state index contributed by atoms with van der Waals surface area (Å²) in [5, 5.41) is 5.97. The van der Waals surface area contributed by atoms with Gasteiger partial charge in [-0.1, -0.05) is 23.7 Å². The van der Waals surface area contributed by atoms with Crippen molar-refractivity contribution >= 4 is 34.5 Å². The van der Waals surface area contributed by atoms with Crippen LogP contribution in [-0.4, -0.2) is 17.5 Å². The van der Waals surface area contributed by atoms with Crippen molar-refractivity contribution in [3.05, 3.63) is 64.6 Å². The van der Waals surface area contributed by atoms with Gasteiger partial charge in [-0.3, -0.25) is 4.79 Å². The number of hydrogen-bond acceptors (Lipinski definition) is 4. The van der Waals surface area contributed by atoms with Crippen LogP contribution in [0.4, 0.5) is 14.5 Å². The van der Waals surface area contributed by atoms with Gasteiger partial charge in [0, 0.05) is 21.7 Å². The van der Waals surface area contributed by atoms with Crippen molar-refractivity contribution in [1.82, 2.24) is 4.98 Å². The Morgan fingerprint density at radius 2 is 1.85 bits per heavy atom. The zero-order valence-electron chi connectivity index (χ0n) is 13.3. The molecular weight excluding hydrogens is 382 g/mol. The van der Waals surface area contributed by atoms with Crippen LogP contribution in [0.1, 0.15) is 5.69 Å². The average molecular weight is 395 g/mol. The number of carbonyl (C=O) groups excluding carboxylic acids is 1. The fraction of sp³-hybridized carbons (Fsp3) is 0.111. The predicted octanol–water partition coefficient (Wildman–Crippen LogP) is 5.25. The zero-order chi connectivity index (χ0) is 18.5. The quantitative estimate of drug-likeness (QED) is 0.621. The van der Waals surface area contributed by atoms with Gasteiger partial charge in [0.25, 0.3) is 0 Å². The molecule has 1 heterocycles. The molecule has 1 amide bonds. The Hall–Kier alpha value is -2.51. The summed E-state index contributed by atoms with van der Waals surface area (Å²) in [6, 6.07) is 13.0. The maximum atomic E-state index is 12.1. The topological polar surface area (TPSA) is 51.2 Å². The third-order valence-electron chi connectivity index (χ3n) is 3.35. The molecule has 2 aromatic carbocycles. The molecule has 4 nitrogen and oxygen atoms in total. The van der Waals surface area contributed by atoms with E-state index in [2.05, 4.69) is 15.0 Å². The van der Waals surface area contributed by atoms with Crippen molar-refractivity contribution in [1.29, 1.82) is 0 Å². The van der Waals surface area contributed by atoms with Gasteiger partial charge in [-0.05, 0) is 36.4 Å². The number of benzene rings is 2. The van der Waals surface area contributed by atoms with Crippen molar-refractivity contribution in [3.63, 3.8) is 0 Å². The maximum Gasteiger partial charge on any atom is 0.387 e. The summed E-state index contributed by atoms with van der Waals surface area (Å²) in [5.74, 6) is -0.217. The summed E-state index contributed by atoms with van der Waals surface area (Å²) < 4.78 is 28.5. The Labute approximate surface area is 157 Å². The molecule has 0 unspecified atom stereocenters. The number of halogens is 3. The molecule has 0 fully saturated rings. The van der Waals surface area contributed by atoms with Crippen molar-refractivity contribution in [3.8, 4) is 16.3 Å². The second kappa shape index (κ2) is 8.25. The van der Waals surface area contributed by atoms with Crippen molar-refractivity contribution < 1.29 is 18.3 Å². The molecule has 0 saturated heterocycles. The molecule has 1 N–H and O–H groups in total. The molecule has 3 aromatic rings. The van der Waals surface area contributed by atoms with E-state index in [9.17, 15) is 13.6 Å². The van der Waals surface area contributed by atoms with E-state index in [-0.39, 0.29) is 18.1 Å². The standard InChI is InChI=1S/C18H13ClF2N2O2S/c19-12-3-1-11(2-4-12)17-23-14(10-26-17)9-16(24)22-13-5-7-15(8-6-13)25-18(20)21/h1-8,10,18H,9H2,(H,22,24). The highest BCUT2D eigenvalue weighted by atomic mass is 35.5. The van der Waals surface area contributed by atoms with E-state index in [0.29, 0.717) is 16.4 Å². The number of hydrogen-bond donors (Lipinski definition) is 1. The molecule has 0 bridgehead atoms. The first-order valence-corrected chi connectivity index (χ1v) is 8.80. The van der Waals surface area contributed by atoms with Crippen LogP contribution in [0.5, 0.6) is 5.75 Å². The molecule has 1 aromatic heterocycles. The molecule has 134 valence electrons. The van der Waals surface area contributed by atoms with Crippen LogP contribution in [0, 0.1) is 0 Å². The average Bonchev–Trinajstić information content (AvgIpc) is 3.05. The number of amides is 1. The monoisotopic (exact) mass is 394 g/mol. The second-order valence-electron chi connectivity index (χ2n) is 5.28. The van der Waals surface area contributed by atoms with E-state index in [1.165, 1.54) is 35.6 Å². The summed E-state index contributed by atoms with van der Waals surface area (Å²) >= 11 is 7.31. The second-order valence-corrected chi connectivity index (χ2v) is 6.57. The molecule has 0 aliphatic carbocycles. The first-order chi connectivity index (χ1) is 12.5. The van der Waals surface area contributed by atoms with E-state index in [0.717, 1.165) is 10.6 Å². The molecule has 26 heavy (non-hydrogen) atoms. The predicted molar refractivity (Wildman–Crippen MR) is 98.0 cm³/mol. The van der Waals surface area contributed by atoms with E-state index >= 15 is 0 Å². The lowest BCUT2D eigenvalue weighted by atomic mass is 10.2. The van der Waals surface area contributed by atoms with Gasteiger partial charge < -0.3 is 10.1 Å². The molecule has 3 rings (SSSR count). The smallest absolute Gasteiger partial charge is 0.387 e. The number of nitrogens with one attached hydrogen (secondary N) is 1. The van der Waals surface area contributed by atoms with Crippen LogP contribution in [0.3, 0.4) is 0 Å². The van der Waals surface area contributed by atoms with E-state index < -0.39 is 6.61 Å². The number of nitrogens with zero attached hydrogens (tertiary/aromatic N) is 1. The minimum atomic E-state index is -2.88. The highest BCUT2D eigenvalue weighted by Gasteiger charge is 2.10. The SMILES string of the molecule is O=C(Cc1csc(-c2ccc(Cl)cc2)n1)Nc1ccc(OC(F)F)cc1. The van der Waals surface area contributed by atoms with Crippen LogP contribution in [0.25, 0.3) is 10.6 Å². The molecule has 0 atom stereocenters. The number of rotatable bonds is 6. The molecular formula is C18H13ClF2N2O2S. The highest BCUT2D eigenvalue weighted by molar-refractivity contribution is 7.13. The maximum absolute atomic E-state index is 12.1. The lowest BCUT2D eigenvalue weighted by molar-refractivity contribution is -0.115. The molecule has 8 heteroatoms. The van der Waals surface area contributed by atoms with Crippen molar-refractivity contribution in [2.45, 2.75) is 13.0 Å². The number of anilines is 1. The van der Waals surface area contributed by atoms with Gasteiger partial charge in [0.1, 0.15) is 10.8 Å².